The molecule has 9 N–H and O–H groups in total. The third kappa shape index (κ3) is 8.70. The zero-order valence-corrected chi connectivity index (χ0v) is 25.1. The Balaban J connectivity index is 1.60. The van der Waals surface area contributed by atoms with Crippen molar-refractivity contribution in [1.82, 2.24) is 30.9 Å². The first-order valence-electron chi connectivity index (χ1n) is 14.7. The zero-order chi connectivity index (χ0) is 32.5. The van der Waals surface area contributed by atoms with Crippen LogP contribution in [-0.2, 0) is 38.4 Å². The van der Waals surface area contributed by atoms with Gasteiger partial charge in [0.25, 0.3) is 0 Å². The minimum Gasteiger partial charge on any atom is -0.508 e. The summed E-state index contributed by atoms with van der Waals surface area (Å²) in [5.74, 6) is -3.26. The number of aromatic nitrogens is 3. The lowest BCUT2D eigenvalue weighted by Gasteiger charge is -2.26. The number of rotatable bonds is 15. The summed E-state index contributed by atoms with van der Waals surface area (Å²) < 4.78 is 0. The molecule has 13 nitrogen and oxygen atoms in total. The van der Waals surface area contributed by atoms with Crippen molar-refractivity contribution >= 4 is 34.6 Å². The number of nitrogens with two attached hydrogens (primary N) is 1. The van der Waals surface area contributed by atoms with E-state index >= 15 is 0 Å². The van der Waals surface area contributed by atoms with Gasteiger partial charge < -0.3 is 41.9 Å². The van der Waals surface area contributed by atoms with Crippen LogP contribution in [0.5, 0.6) is 5.75 Å². The minimum atomic E-state index is -1.32. The van der Waals surface area contributed by atoms with Gasteiger partial charge >= 0.3 is 5.97 Å². The minimum absolute atomic E-state index is 0.0260. The standard InChI is InChI=1S/C32H39N7O6/c1-3-18(2)28(33)31(43)38-26(14-21-16-34-17-36-21)30(42)37-25(13-20-15-35-24-7-5-4-6-23(20)24)29(41)39-27(32(44)45)12-19-8-10-22(40)11-9-19/h4-11,15-18,25-28,35,40H,3,12-14,33H2,1-2H3,(H,34,36)(H,37,42)(H,38,43)(H,39,41)(H,44,45). The van der Waals surface area contributed by atoms with Crippen LogP contribution in [0.25, 0.3) is 10.9 Å². The highest BCUT2D eigenvalue weighted by Crippen LogP contribution is 2.20. The van der Waals surface area contributed by atoms with Gasteiger partial charge in [0.05, 0.1) is 12.4 Å². The van der Waals surface area contributed by atoms with Crippen LogP contribution in [0.4, 0.5) is 0 Å². The lowest BCUT2D eigenvalue weighted by Crippen LogP contribution is -2.58. The second kappa shape index (κ2) is 15.0. The Morgan fingerprint density at radius 3 is 2.16 bits per heavy atom. The average molecular weight is 618 g/mol. The molecule has 2 heterocycles. The molecule has 5 unspecified atom stereocenters. The molecule has 0 aliphatic heterocycles. The number of aliphatic carboxylic acids is 1. The van der Waals surface area contributed by atoms with Crippen LogP contribution in [0, 0.1) is 5.92 Å². The van der Waals surface area contributed by atoms with Crippen LogP contribution in [0.1, 0.15) is 37.1 Å². The van der Waals surface area contributed by atoms with E-state index in [1.807, 2.05) is 38.1 Å². The summed E-state index contributed by atoms with van der Waals surface area (Å²) in [6.07, 6.45) is 5.39. The van der Waals surface area contributed by atoms with E-state index in [-0.39, 0.29) is 30.9 Å². The number of hydrogen-bond acceptors (Lipinski definition) is 7. The number of amides is 3. The van der Waals surface area contributed by atoms with E-state index < -0.39 is 47.9 Å². The quantitative estimate of drug-likeness (QED) is 0.0977. The van der Waals surface area contributed by atoms with E-state index in [9.17, 15) is 29.4 Å². The van der Waals surface area contributed by atoms with Crippen LogP contribution in [-0.4, -0.2) is 73.0 Å². The molecule has 13 heteroatoms. The lowest BCUT2D eigenvalue weighted by molar-refractivity contribution is -0.142. The molecule has 0 saturated carbocycles. The number of aromatic hydroxyl groups is 1. The third-order valence-electron chi connectivity index (χ3n) is 7.89. The first-order valence-corrected chi connectivity index (χ1v) is 14.7. The molecule has 238 valence electrons. The van der Waals surface area contributed by atoms with E-state index in [0.29, 0.717) is 17.7 Å². The normalized spacial score (nSPS) is 14.6. The van der Waals surface area contributed by atoms with Crippen LogP contribution in [0.15, 0.2) is 67.3 Å². The Kier molecular flexibility index (Phi) is 10.9. The highest BCUT2D eigenvalue weighted by atomic mass is 16.4. The molecule has 2 aromatic carbocycles. The van der Waals surface area contributed by atoms with Gasteiger partial charge in [-0.1, -0.05) is 50.6 Å². The largest absolute Gasteiger partial charge is 0.508 e. The predicted octanol–water partition coefficient (Wildman–Crippen LogP) is 1.54. The van der Waals surface area contributed by atoms with Gasteiger partial charge in [0, 0.05) is 48.3 Å². The summed E-state index contributed by atoms with van der Waals surface area (Å²) in [6.45, 7) is 3.75. The average Bonchev–Trinajstić information content (AvgIpc) is 3.70. The maximum absolute atomic E-state index is 13.8. The number of phenols is 1. The van der Waals surface area contributed by atoms with E-state index in [1.165, 1.54) is 24.7 Å². The Morgan fingerprint density at radius 1 is 0.867 bits per heavy atom. The number of para-hydroxylation sites is 1. The third-order valence-corrected chi connectivity index (χ3v) is 7.89. The van der Waals surface area contributed by atoms with Crippen LogP contribution in [0.3, 0.4) is 0 Å². The molecule has 0 bridgehead atoms. The van der Waals surface area contributed by atoms with Crippen LogP contribution < -0.4 is 21.7 Å². The van der Waals surface area contributed by atoms with Gasteiger partial charge in [-0.05, 0) is 35.2 Å². The van der Waals surface area contributed by atoms with Gasteiger partial charge in [-0.15, -0.1) is 0 Å². The van der Waals surface area contributed by atoms with E-state index in [2.05, 4.69) is 30.9 Å². The van der Waals surface area contributed by atoms with Gasteiger partial charge in [0.15, 0.2) is 0 Å². The van der Waals surface area contributed by atoms with E-state index in [0.717, 1.165) is 16.5 Å². The zero-order valence-electron chi connectivity index (χ0n) is 25.1. The number of aromatic amines is 2. The van der Waals surface area contributed by atoms with Crippen molar-refractivity contribution in [2.24, 2.45) is 11.7 Å². The maximum atomic E-state index is 13.8. The molecule has 5 atom stereocenters. The van der Waals surface area contributed by atoms with E-state index in [1.54, 1.807) is 18.3 Å². The molecule has 45 heavy (non-hydrogen) atoms. The van der Waals surface area contributed by atoms with Gasteiger partial charge in [0.2, 0.25) is 17.7 Å². The molecule has 0 saturated heterocycles. The summed E-state index contributed by atoms with van der Waals surface area (Å²) in [7, 11) is 0. The fourth-order valence-corrected chi connectivity index (χ4v) is 4.95. The number of phenolic OH excluding ortho intramolecular Hbond substituents is 1. The lowest BCUT2D eigenvalue weighted by atomic mass is 9.98. The van der Waals surface area contributed by atoms with Gasteiger partial charge in [-0.2, -0.15) is 0 Å². The number of nitrogens with one attached hydrogen (secondary N) is 5. The monoisotopic (exact) mass is 617 g/mol. The number of imidazole rings is 1. The molecule has 4 rings (SSSR count). The van der Waals surface area contributed by atoms with Gasteiger partial charge in [-0.25, -0.2) is 9.78 Å². The molecular weight excluding hydrogens is 578 g/mol. The Labute approximate surface area is 260 Å². The number of fused-ring (bicyclic) bond motifs is 1. The second-order valence-corrected chi connectivity index (χ2v) is 11.1. The Hall–Kier alpha value is -5.17. The number of hydrogen-bond donors (Lipinski definition) is 8. The number of carbonyl (C=O) groups is 4. The van der Waals surface area contributed by atoms with Crippen molar-refractivity contribution in [3.8, 4) is 5.75 Å². The molecule has 3 amide bonds. The molecule has 2 aromatic heterocycles. The number of nitrogens with zero attached hydrogens (tertiary/aromatic N) is 1. The second-order valence-electron chi connectivity index (χ2n) is 11.1. The Morgan fingerprint density at radius 2 is 1.51 bits per heavy atom. The van der Waals surface area contributed by atoms with Gasteiger partial charge in [-0.3, -0.25) is 14.4 Å². The smallest absolute Gasteiger partial charge is 0.326 e. The van der Waals surface area contributed by atoms with Crippen molar-refractivity contribution in [1.29, 1.82) is 0 Å². The molecule has 4 aromatic rings. The first-order chi connectivity index (χ1) is 21.5. The number of carbonyl (C=O) groups excluding carboxylic acids is 3. The highest BCUT2D eigenvalue weighted by molar-refractivity contribution is 5.95. The topological polar surface area (TPSA) is 215 Å². The van der Waals surface area contributed by atoms with Crippen LogP contribution in [0.2, 0.25) is 0 Å². The fraction of sp³-hybridized carbons (Fsp3) is 0.344. The number of carboxylic acid groups (broad SMARTS) is 1. The Bertz CT molecular complexity index is 1600. The fourth-order valence-electron chi connectivity index (χ4n) is 4.95. The van der Waals surface area contributed by atoms with Crippen molar-refractivity contribution in [3.63, 3.8) is 0 Å². The molecule has 0 spiro atoms. The number of benzene rings is 2. The summed E-state index contributed by atoms with van der Waals surface area (Å²) in [6, 6.07) is 8.96. The van der Waals surface area contributed by atoms with Crippen LogP contribution >= 0.6 is 0 Å². The number of H-pyrrole nitrogens is 2. The summed E-state index contributed by atoms with van der Waals surface area (Å²) in [5.41, 5.74) is 8.85. The summed E-state index contributed by atoms with van der Waals surface area (Å²) in [4.78, 5) is 62.8. The van der Waals surface area contributed by atoms with E-state index in [4.69, 9.17) is 5.73 Å². The summed E-state index contributed by atoms with van der Waals surface area (Å²) in [5, 5.41) is 28.4. The maximum Gasteiger partial charge on any atom is 0.326 e. The van der Waals surface area contributed by atoms with Crippen molar-refractivity contribution in [2.75, 3.05) is 0 Å². The molecule has 0 aliphatic rings. The summed E-state index contributed by atoms with van der Waals surface area (Å²) >= 11 is 0. The predicted molar refractivity (Wildman–Crippen MR) is 167 cm³/mol. The molecule has 0 radical (unpaired) electrons. The van der Waals surface area contributed by atoms with Crippen molar-refractivity contribution in [2.45, 2.75) is 63.7 Å². The molecule has 0 aliphatic carbocycles. The SMILES string of the molecule is CCC(C)C(N)C(=O)NC(Cc1cnc[nH]1)C(=O)NC(Cc1c[nH]c2ccccc12)C(=O)NC(Cc1ccc(O)cc1)C(=O)O. The highest BCUT2D eigenvalue weighted by Gasteiger charge is 2.32. The van der Waals surface area contributed by atoms with Gasteiger partial charge in [0.1, 0.15) is 23.9 Å². The number of carboxylic acids is 1. The molecule has 0 fully saturated rings. The van der Waals surface area contributed by atoms with Crippen molar-refractivity contribution in [3.05, 3.63) is 84.1 Å². The molecular formula is C32H39N7O6. The first kappa shape index (κ1) is 32.7. The van der Waals surface area contributed by atoms with Crippen molar-refractivity contribution < 1.29 is 29.4 Å².